The summed E-state index contributed by atoms with van der Waals surface area (Å²) in [5.41, 5.74) is -0.151. The average molecular weight is 298 g/mol. The topological polar surface area (TPSA) is 72.2 Å². The van der Waals surface area contributed by atoms with Gasteiger partial charge in [-0.3, -0.25) is 14.9 Å². The molecule has 5 heteroatoms. The van der Waals surface area contributed by atoms with Gasteiger partial charge in [0.2, 0.25) is 5.54 Å². The van der Waals surface area contributed by atoms with Gasteiger partial charge in [-0.25, -0.2) is 0 Å². The van der Waals surface area contributed by atoms with Gasteiger partial charge in [-0.1, -0.05) is 48.5 Å². The van der Waals surface area contributed by atoms with Crippen LogP contribution in [0.4, 0.5) is 0 Å². The van der Waals surface area contributed by atoms with Gasteiger partial charge in [-0.05, 0) is 17.7 Å². The summed E-state index contributed by atoms with van der Waals surface area (Å²) in [6, 6.07) is 16.9. The number of carbonyl (C=O) groups is 1. The molecule has 1 atom stereocenters. The molecule has 5 nitrogen and oxygen atoms in total. The Morgan fingerprint density at radius 2 is 1.55 bits per heavy atom. The van der Waals surface area contributed by atoms with Gasteiger partial charge in [0, 0.05) is 24.3 Å². The Morgan fingerprint density at radius 3 is 2.05 bits per heavy atom. The van der Waals surface area contributed by atoms with E-state index < -0.39 is 11.6 Å². The second-order valence-electron chi connectivity index (χ2n) is 5.59. The number of hydrogen-bond acceptors (Lipinski definition) is 3. The quantitative estimate of drug-likeness (QED) is 0.680. The van der Waals surface area contributed by atoms with Gasteiger partial charge in [0.15, 0.2) is 0 Å². The monoisotopic (exact) mass is 298 g/mol. The first kappa shape index (κ1) is 15.7. The molecule has 1 amide bonds. The van der Waals surface area contributed by atoms with Crippen molar-refractivity contribution in [2.24, 2.45) is 0 Å². The minimum Gasteiger partial charge on any atom is -0.338 e. The molecule has 0 aliphatic heterocycles. The van der Waals surface area contributed by atoms with Crippen molar-refractivity contribution in [2.45, 2.75) is 25.4 Å². The predicted molar refractivity (Wildman–Crippen MR) is 84.2 cm³/mol. The molecule has 1 unspecified atom stereocenters. The SMILES string of the molecule is CC(C)(C(NC(=O)c1ccccc1)c1ccccc1)[N+](=O)[O-]. The highest BCUT2D eigenvalue weighted by Crippen LogP contribution is 2.28. The lowest BCUT2D eigenvalue weighted by atomic mass is 9.89. The molecule has 2 rings (SSSR count). The Balaban J connectivity index is 2.34. The number of nitrogens with zero attached hydrogens (tertiary/aromatic N) is 1. The van der Waals surface area contributed by atoms with Crippen LogP contribution in [0.25, 0.3) is 0 Å². The van der Waals surface area contributed by atoms with Crippen LogP contribution in [0.5, 0.6) is 0 Å². The maximum Gasteiger partial charge on any atom is 0.252 e. The first-order valence-electron chi connectivity index (χ1n) is 6.98. The Morgan fingerprint density at radius 1 is 1.05 bits per heavy atom. The van der Waals surface area contributed by atoms with Crippen LogP contribution in [0.1, 0.15) is 35.8 Å². The van der Waals surface area contributed by atoms with E-state index in [1.165, 1.54) is 13.8 Å². The molecule has 0 heterocycles. The third-order valence-corrected chi connectivity index (χ3v) is 3.62. The molecule has 0 spiro atoms. The van der Waals surface area contributed by atoms with Crippen LogP contribution in [0.15, 0.2) is 60.7 Å². The number of benzene rings is 2. The second-order valence-corrected chi connectivity index (χ2v) is 5.59. The molecular weight excluding hydrogens is 280 g/mol. The normalized spacial score (nSPS) is 12.5. The summed E-state index contributed by atoms with van der Waals surface area (Å²) in [5.74, 6) is -0.329. The van der Waals surface area contributed by atoms with Crippen LogP contribution in [-0.2, 0) is 0 Å². The molecule has 0 radical (unpaired) electrons. The van der Waals surface area contributed by atoms with E-state index >= 15 is 0 Å². The van der Waals surface area contributed by atoms with E-state index in [2.05, 4.69) is 5.32 Å². The van der Waals surface area contributed by atoms with Crippen molar-refractivity contribution < 1.29 is 9.72 Å². The molecule has 2 aromatic rings. The van der Waals surface area contributed by atoms with Gasteiger partial charge < -0.3 is 5.32 Å². The summed E-state index contributed by atoms with van der Waals surface area (Å²) in [6.07, 6.45) is 0. The zero-order chi connectivity index (χ0) is 16.2. The summed E-state index contributed by atoms with van der Waals surface area (Å²) < 4.78 is 0. The lowest BCUT2D eigenvalue weighted by Gasteiger charge is -2.28. The van der Waals surface area contributed by atoms with Crippen molar-refractivity contribution in [2.75, 3.05) is 0 Å². The van der Waals surface area contributed by atoms with E-state index in [0.717, 1.165) is 0 Å². The lowest BCUT2D eigenvalue weighted by Crippen LogP contribution is -2.47. The first-order valence-corrected chi connectivity index (χ1v) is 6.98. The Kier molecular flexibility index (Phi) is 4.56. The van der Waals surface area contributed by atoms with Crippen LogP contribution in [-0.4, -0.2) is 16.4 Å². The van der Waals surface area contributed by atoms with Crippen molar-refractivity contribution in [1.29, 1.82) is 0 Å². The minimum absolute atomic E-state index is 0.329. The standard InChI is InChI=1S/C17H18N2O3/c1-17(2,19(21)22)15(13-9-5-3-6-10-13)18-16(20)14-11-7-4-8-12-14/h3-12,15H,1-2H3,(H,18,20). The molecule has 0 bridgehead atoms. The van der Waals surface area contributed by atoms with Gasteiger partial charge in [0.05, 0.1) is 0 Å². The van der Waals surface area contributed by atoms with E-state index in [4.69, 9.17) is 0 Å². The molecule has 0 aliphatic carbocycles. The third-order valence-electron chi connectivity index (χ3n) is 3.62. The smallest absolute Gasteiger partial charge is 0.252 e. The van der Waals surface area contributed by atoms with Crippen LogP contribution in [0, 0.1) is 10.1 Å². The predicted octanol–water partition coefficient (Wildman–Crippen LogP) is 3.21. The molecule has 0 aliphatic rings. The number of carbonyl (C=O) groups excluding carboxylic acids is 1. The fourth-order valence-electron chi connectivity index (χ4n) is 2.22. The Labute approximate surface area is 129 Å². The minimum atomic E-state index is -1.33. The second kappa shape index (κ2) is 6.39. The molecule has 0 aromatic heterocycles. The van der Waals surface area contributed by atoms with Crippen LogP contribution >= 0.6 is 0 Å². The van der Waals surface area contributed by atoms with E-state index in [0.29, 0.717) is 11.1 Å². The van der Waals surface area contributed by atoms with Gasteiger partial charge in [-0.2, -0.15) is 0 Å². The van der Waals surface area contributed by atoms with Gasteiger partial charge in [0.1, 0.15) is 6.04 Å². The van der Waals surface area contributed by atoms with E-state index in [1.54, 1.807) is 48.5 Å². The zero-order valence-corrected chi connectivity index (χ0v) is 12.5. The molecule has 0 fully saturated rings. The molecule has 22 heavy (non-hydrogen) atoms. The molecule has 0 saturated heterocycles. The zero-order valence-electron chi connectivity index (χ0n) is 12.5. The highest BCUT2D eigenvalue weighted by Gasteiger charge is 2.42. The lowest BCUT2D eigenvalue weighted by molar-refractivity contribution is -0.566. The molecule has 0 saturated carbocycles. The molecule has 1 N–H and O–H groups in total. The summed E-state index contributed by atoms with van der Waals surface area (Å²) in [7, 11) is 0. The highest BCUT2D eigenvalue weighted by atomic mass is 16.6. The third kappa shape index (κ3) is 3.31. The summed E-state index contributed by atoms with van der Waals surface area (Å²) in [6.45, 7) is 3.02. The summed E-state index contributed by atoms with van der Waals surface area (Å²) in [5, 5.41) is 14.2. The number of nitrogens with one attached hydrogen (secondary N) is 1. The largest absolute Gasteiger partial charge is 0.338 e. The van der Waals surface area contributed by atoms with Gasteiger partial charge >= 0.3 is 0 Å². The number of amides is 1. The fourth-order valence-corrected chi connectivity index (χ4v) is 2.22. The fraction of sp³-hybridized carbons (Fsp3) is 0.235. The van der Waals surface area contributed by atoms with Crippen LogP contribution < -0.4 is 5.32 Å². The van der Waals surface area contributed by atoms with Crippen molar-refractivity contribution in [3.63, 3.8) is 0 Å². The first-order chi connectivity index (χ1) is 10.4. The van der Waals surface area contributed by atoms with E-state index in [-0.39, 0.29) is 10.8 Å². The molecular formula is C17H18N2O3. The molecule has 2 aromatic carbocycles. The Hall–Kier alpha value is -2.69. The summed E-state index contributed by atoms with van der Waals surface area (Å²) >= 11 is 0. The Bertz CT molecular complexity index is 654. The summed E-state index contributed by atoms with van der Waals surface area (Å²) in [4.78, 5) is 23.4. The number of nitro groups is 1. The van der Waals surface area contributed by atoms with E-state index in [9.17, 15) is 14.9 Å². The maximum atomic E-state index is 12.4. The van der Waals surface area contributed by atoms with Crippen LogP contribution in [0.2, 0.25) is 0 Å². The molecule has 114 valence electrons. The van der Waals surface area contributed by atoms with Gasteiger partial charge in [-0.15, -0.1) is 0 Å². The van der Waals surface area contributed by atoms with E-state index in [1.807, 2.05) is 12.1 Å². The average Bonchev–Trinajstić information content (AvgIpc) is 2.53. The number of rotatable bonds is 5. The number of hydrogen-bond donors (Lipinski definition) is 1. The van der Waals surface area contributed by atoms with Crippen molar-refractivity contribution in [1.82, 2.24) is 5.32 Å². The van der Waals surface area contributed by atoms with Crippen molar-refractivity contribution >= 4 is 5.91 Å². The van der Waals surface area contributed by atoms with Crippen molar-refractivity contribution in [3.05, 3.63) is 81.9 Å². The maximum absolute atomic E-state index is 12.4. The van der Waals surface area contributed by atoms with Crippen LogP contribution in [0.3, 0.4) is 0 Å². The van der Waals surface area contributed by atoms with Gasteiger partial charge in [0.25, 0.3) is 5.91 Å². The van der Waals surface area contributed by atoms with Crippen molar-refractivity contribution in [3.8, 4) is 0 Å². The highest BCUT2D eigenvalue weighted by molar-refractivity contribution is 5.94.